The van der Waals surface area contributed by atoms with Crippen molar-refractivity contribution in [3.8, 4) is 11.5 Å². The maximum atomic E-state index is 14.8. The van der Waals surface area contributed by atoms with Gasteiger partial charge in [-0.05, 0) is 118 Å². The number of carbonyl (C=O) groups is 9. The number of nitrogens with two attached hydrogens (primary N) is 3. The van der Waals surface area contributed by atoms with Gasteiger partial charge in [0.1, 0.15) is 53.8 Å². The third kappa shape index (κ3) is 21.5. The molecule has 1 fully saturated rings. The molecule has 0 saturated carbocycles. The summed E-state index contributed by atoms with van der Waals surface area (Å²) in [6, 6.07) is 12.4. The van der Waals surface area contributed by atoms with Crippen LogP contribution in [0.5, 0.6) is 11.5 Å². The first-order valence-corrected chi connectivity index (χ1v) is 29.3. The molecule has 82 heavy (non-hydrogen) atoms. The number of amides is 9. The SMILES string of the molecule is C[C@@H](O)[C@@H]1NC(=O)[C@H](CCCCCN(C)C)NC(=O)[C@@H](Cc2ccc(C(N)=O)cc2)NC(=O)[C@H](Cc2ccc(O)cc2)NC(=O)[C@H](NC(=O)[C@@H](N)Cc2ccc(Cl)cc2)CSSC[C@@H](C(=O)N[C@H](Cc2ccc(O)cc2)C(N)=O)NC1=O. The molecule has 0 spiro atoms. The number of carbonyl (C=O) groups excluding carboxylic acids is 9. The Hall–Kier alpha value is -7.42. The number of aliphatic hydroxyl groups excluding tert-OH is 1. The van der Waals surface area contributed by atoms with Crippen molar-refractivity contribution in [1.29, 1.82) is 0 Å². The quantitative estimate of drug-likeness (QED) is 0.0392. The summed E-state index contributed by atoms with van der Waals surface area (Å²) in [5, 5.41) is 50.1. The molecule has 26 heteroatoms. The topological polar surface area (TPSA) is 380 Å². The minimum atomic E-state index is -1.75. The van der Waals surface area contributed by atoms with Gasteiger partial charge in [-0.15, -0.1) is 0 Å². The number of nitrogens with one attached hydrogen (secondary N) is 7. The van der Waals surface area contributed by atoms with Crippen molar-refractivity contribution in [2.45, 2.75) is 113 Å². The number of primary amides is 2. The second kappa shape index (κ2) is 32.3. The summed E-state index contributed by atoms with van der Waals surface area (Å²) >= 11 is 6.08. The van der Waals surface area contributed by atoms with Crippen molar-refractivity contribution in [3.05, 3.63) is 130 Å². The van der Waals surface area contributed by atoms with Crippen molar-refractivity contribution >= 4 is 86.4 Å². The number of hydrogen-bond acceptors (Lipinski definition) is 16. The first-order valence-electron chi connectivity index (χ1n) is 26.4. The molecule has 1 aliphatic rings. The van der Waals surface area contributed by atoms with Gasteiger partial charge in [0, 0.05) is 41.4 Å². The summed E-state index contributed by atoms with van der Waals surface area (Å²) in [7, 11) is 5.72. The monoisotopic (exact) mass is 1190 g/mol. The van der Waals surface area contributed by atoms with Crippen LogP contribution >= 0.6 is 33.2 Å². The summed E-state index contributed by atoms with van der Waals surface area (Å²) in [6.45, 7) is 1.94. The van der Waals surface area contributed by atoms with Gasteiger partial charge >= 0.3 is 0 Å². The number of halogens is 1. The minimum Gasteiger partial charge on any atom is -0.508 e. The van der Waals surface area contributed by atoms with Crippen LogP contribution in [-0.2, 0) is 64.0 Å². The van der Waals surface area contributed by atoms with E-state index in [2.05, 4.69) is 37.2 Å². The zero-order valence-corrected chi connectivity index (χ0v) is 48.0. The van der Waals surface area contributed by atoms with E-state index in [0.29, 0.717) is 53.1 Å². The first-order chi connectivity index (χ1) is 38.9. The average molecular weight is 1190 g/mol. The number of hydrogen-bond donors (Lipinski definition) is 13. The van der Waals surface area contributed by atoms with Crippen molar-refractivity contribution in [3.63, 3.8) is 0 Å². The predicted octanol–water partition coefficient (Wildman–Crippen LogP) is 0.225. The summed E-state index contributed by atoms with van der Waals surface area (Å²) in [5.74, 6) is -8.63. The second-order valence-corrected chi connectivity index (χ2v) is 23.2. The standard InChI is InChI=1S/C56H72ClN11O12S2/c1-31(69)47-56(80)66-46(54(78)62-42(49(60)73)26-34-12-20-38(70)21-13-34)30-82-81-29-45(65-50(74)40(58)25-32-10-18-37(57)19-11-32)55(79)64-44(28-35-14-22-39(71)23-15-35)53(77)63-43(27-33-8-16-36(17-9-33)48(59)72)52(76)61-41(51(75)67-47)7-5-4-6-24-68(2)3/h8-23,31,40-47,69-71H,4-7,24-30,58H2,1-3H3,(H2,59,72)(H2,60,73)(H,61,76)(H,62,78)(H,63,77)(H,64,79)(H,65,74)(H,66,80)(H,67,75)/t31-,40+,41+,42-,43-,44+,45-,46+,47+/m1/s1. The van der Waals surface area contributed by atoms with Crippen LogP contribution in [-0.4, -0.2) is 160 Å². The van der Waals surface area contributed by atoms with Gasteiger partial charge in [-0.3, -0.25) is 43.2 Å². The molecule has 4 aromatic carbocycles. The van der Waals surface area contributed by atoms with E-state index in [1.54, 1.807) is 24.3 Å². The minimum absolute atomic E-state index is 0.0115. The van der Waals surface area contributed by atoms with E-state index in [1.807, 2.05) is 19.0 Å². The molecule has 9 atom stereocenters. The van der Waals surface area contributed by atoms with Crippen LogP contribution in [0.2, 0.25) is 5.02 Å². The van der Waals surface area contributed by atoms with Crippen molar-refractivity contribution in [2.75, 3.05) is 32.1 Å². The lowest BCUT2D eigenvalue weighted by Crippen LogP contribution is -2.62. The molecule has 0 unspecified atom stereocenters. The molecule has 442 valence electrons. The smallest absolute Gasteiger partial charge is 0.248 e. The number of benzene rings is 4. The Kier molecular flexibility index (Phi) is 25.7. The molecule has 1 aliphatic heterocycles. The van der Waals surface area contributed by atoms with Crippen molar-refractivity contribution in [1.82, 2.24) is 42.1 Å². The van der Waals surface area contributed by atoms with Gasteiger partial charge in [0.25, 0.3) is 0 Å². The molecular weight excluding hydrogens is 1120 g/mol. The van der Waals surface area contributed by atoms with E-state index in [4.69, 9.17) is 28.8 Å². The van der Waals surface area contributed by atoms with Gasteiger partial charge in [-0.1, -0.05) is 94.6 Å². The molecule has 0 bridgehead atoms. The normalized spacial score (nSPS) is 20.8. The summed E-state index contributed by atoms with van der Waals surface area (Å²) < 4.78 is 0. The number of phenols is 2. The van der Waals surface area contributed by atoms with E-state index < -0.39 is 108 Å². The van der Waals surface area contributed by atoms with E-state index in [9.17, 15) is 58.5 Å². The molecular formula is C56H72ClN11O12S2. The average Bonchev–Trinajstić information content (AvgIpc) is 3.62. The van der Waals surface area contributed by atoms with E-state index in [0.717, 1.165) is 21.6 Å². The molecule has 0 aliphatic carbocycles. The van der Waals surface area contributed by atoms with E-state index in [1.165, 1.54) is 79.7 Å². The Morgan fingerprint density at radius 1 is 0.646 bits per heavy atom. The van der Waals surface area contributed by atoms with Crippen molar-refractivity contribution < 1.29 is 58.5 Å². The van der Waals surface area contributed by atoms with Gasteiger partial charge in [0.05, 0.1) is 12.1 Å². The van der Waals surface area contributed by atoms with Gasteiger partial charge < -0.3 is 74.6 Å². The third-order valence-electron chi connectivity index (χ3n) is 13.2. The summed E-state index contributed by atoms with van der Waals surface area (Å²) in [4.78, 5) is 128. The number of nitrogens with zero attached hydrogens (tertiary/aromatic N) is 1. The van der Waals surface area contributed by atoms with Crippen LogP contribution in [0.3, 0.4) is 0 Å². The summed E-state index contributed by atoms with van der Waals surface area (Å²) in [5.41, 5.74) is 19.9. The van der Waals surface area contributed by atoms with Crippen LogP contribution in [0.25, 0.3) is 0 Å². The molecule has 23 nitrogen and oxygen atoms in total. The zero-order chi connectivity index (χ0) is 60.0. The van der Waals surface area contributed by atoms with Crippen LogP contribution in [0, 0.1) is 0 Å². The van der Waals surface area contributed by atoms with E-state index >= 15 is 0 Å². The molecule has 1 heterocycles. The molecule has 0 radical (unpaired) electrons. The molecule has 9 amide bonds. The number of aromatic hydroxyl groups is 2. The van der Waals surface area contributed by atoms with Crippen LogP contribution < -0.4 is 54.4 Å². The Balaban J connectivity index is 1.58. The Morgan fingerprint density at radius 2 is 1.15 bits per heavy atom. The maximum Gasteiger partial charge on any atom is 0.248 e. The molecule has 0 aromatic heterocycles. The van der Waals surface area contributed by atoms with Crippen LogP contribution in [0.4, 0.5) is 0 Å². The lowest BCUT2D eigenvalue weighted by atomic mass is 10.00. The fraction of sp³-hybridized carbons (Fsp3) is 0.411. The largest absolute Gasteiger partial charge is 0.508 e. The highest BCUT2D eigenvalue weighted by Crippen LogP contribution is 2.24. The molecule has 1 saturated heterocycles. The highest BCUT2D eigenvalue weighted by atomic mass is 35.5. The number of aliphatic hydroxyl groups is 1. The fourth-order valence-corrected chi connectivity index (χ4v) is 10.9. The zero-order valence-electron chi connectivity index (χ0n) is 45.6. The third-order valence-corrected chi connectivity index (χ3v) is 15.8. The van der Waals surface area contributed by atoms with Crippen molar-refractivity contribution in [2.24, 2.45) is 17.2 Å². The lowest BCUT2D eigenvalue weighted by molar-refractivity contribution is -0.136. The predicted molar refractivity (Wildman–Crippen MR) is 312 cm³/mol. The second-order valence-electron chi connectivity index (χ2n) is 20.2. The van der Waals surface area contributed by atoms with E-state index in [-0.39, 0.29) is 60.7 Å². The Labute approximate surface area is 488 Å². The molecule has 5 rings (SSSR count). The number of unbranched alkanes of at least 4 members (excludes halogenated alkanes) is 2. The highest BCUT2D eigenvalue weighted by molar-refractivity contribution is 8.76. The maximum absolute atomic E-state index is 14.8. The van der Waals surface area contributed by atoms with Crippen LogP contribution in [0.1, 0.15) is 65.2 Å². The van der Waals surface area contributed by atoms with Crippen LogP contribution in [0.15, 0.2) is 97.1 Å². The molecule has 4 aromatic rings. The Morgan fingerprint density at radius 3 is 1.70 bits per heavy atom. The van der Waals surface area contributed by atoms with Gasteiger partial charge in [-0.25, -0.2) is 0 Å². The van der Waals surface area contributed by atoms with Gasteiger partial charge in [0.2, 0.25) is 53.2 Å². The molecule has 16 N–H and O–H groups in total. The summed E-state index contributed by atoms with van der Waals surface area (Å²) in [6.07, 6.45) is -0.436. The highest BCUT2D eigenvalue weighted by Gasteiger charge is 2.36. The lowest BCUT2D eigenvalue weighted by Gasteiger charge is -2.29. The number of rotatable bonds is 21. The Bertz CT molecular complexity index is 2830. The van der Waals surface area contributed by atoms with Gasteiger partial charge in [0.15, 0.2) is 0 Å². The fourth-order valence-electron chi connectivity index (χ4n) is 8.49. The van der Waals surface area contributed by atoms with Gasteiger partial charge in [-0.2, -0.15) is 0 Å². The number of phenolic OH excluding ortho intramolecular Hbond substituents is 2. The first kappa shape index (κ1) is 65.4.